The van der Waals surface area contributed by atoms with E-state index in [1.54, 1.807) is 36.4 Å². The van der Waals surface area contributed by atoms with Gasteiger partial charge in [-0.05, 0) is 151 Å². The minimum absolute atomic E-state index is 0.0574. The van der Waals surface area contributed by atoms with Crippen LogP contribution in [0.4, 0.5) is 52.7 Å². The van der Waals surface area contributed by atoms with Crippen LogP contribution in [0.5, 0.6) is 0 Å². The van der Waals surface area contributed by atoms with Crippen molar-refractivity contribution in [3.63, 3.8) is 0 Å². The maximum atomic E-state index is 14.0. The first-order valence-electron chi connectivity index (χ1n) is 31.9. The van der Waals surface area contributed by atoms with E-state index in [1.807, 2.05) is 73.7 Å². The number of allylic oxidation sites excluding steroid dienone is 1. The summed E-state index contributed by atoms with van der Waals surface area (Å²) in [4.78, 5) is 10.4. The number of benzene rings is 12. The van der Waals surface area contributed by atoms with Crippen molar-refractivity contribution in [2.45, 2.75) is 97.6 Å². The third-order valence-electron chi connectivity index (χ3n) is 16.4. The van der Waals surface area contributed by atoms with E-state index in [4.69, 9.17) is 25.4 Å². The summed E-state index contributed by atoms with van der Waals surface area (Å²) >= 11 is 4.25. The van der Waals surface area contributed by atoms with Crippen molar-refractivity contribution < 1.29 is 92.8 Å². The van der Waals surface area contributed by atoms with E-state index < -0.39 is 76.1 Å². The average Bonchev–Trinajstić information content (AvgIpc) is 0.791. The Morgan fingerprint density at radius 1 is 0.424 bits per heavy atom. The van der Waals surface area contributed by atoms with Crippen LogP contribution in [0.15, 0.2) is 158 Å². The van der Waals surface area contributed by atoms with E-state index in [1.165, 1.54) is 53.4 Å². The molecule has 0 N–H and O–H groups in total. The third-order valence-corrected chi connectivity index (χ3v) is 16.4. The standard InChI is InChI=1S/C20H17F3O2.C18H13F3.C17H11F3O.C15H9F3.C6H7O2.C4H10.BrH.Zn/c21-17-11-16-14-5-2-12(3-7-18-24-8-1-9-25-18)10-13(14)4-6-15(16)19(22)20(17)23;1-2-3-4-11-5-7-13-12(9-11)6-8-14-15(13)10-16(19)18(21)17(14)20;18-15-9-14-12-5-3-10(2-1-7-21)8-11(12)4-6-13(14)16(19)17(15)20;1-8-2-4-10-9(6-8)3-5-11-12(10)7-13(16)15(18)14(11)17;1-2-6-7-4-3-5-8-6;1-3-4-2;;/h2,4-6,10-11,18H,1,3,7-9H2;2,5-10H,1,3-4H2;3-9H,1-2H2;2-7H,1H3;6H,3-5H2;3-4H2,1-2H3;1H;/q;;;;-1;;;+2/p-1. The molecule has 0 atom stereocenters. The minimum atomic E-state index is -1.45. The molecule has 19 heteroatoms. The first kappa shape index (κ1) is 76.5. The molecule has 5 nitrogen and oxygen atoms in total. The Hall–Kier alpha value is -8.21. The zero-order chi connectivity index (χ0) is 71.4. The number of carbonyl (C=O) groups is 1. The zero-order valence-corrected chi connectivity index (χ0v) is 59.0. The predicted molar refractivity (Wildman–Crippen MR) is 369 cm³/mol. The van der Waals surface area contributed by atoms with Crippen molar-refractivity contribution in [3.8, 4) is 5.92 Å². The second-order valence-electron chi connectivity index (χ2n) is 23.1. The molecule has 12 aromatic carbocycles. The number of ether oxygens (including phenoxy) is 4. The number of hydrogen-bond donors (Lipinski definition) is 0. The number of halogens is 13. The van der Waals surface area contributed by atoms with Gasteiger partial charge in [-0.25, -0.2) is 52.7 Å². The maximum absolute atomic E-state index is 14.0. The predicted octanol–water partition coefficient (Wildman–Crippen LogP) is 22.9. The van der Waals surface area contributed by atoms with Gasteiger partial charge in [0.15, 0.2) is 82.4 Å². The Morgan fingerprint density at radius 2 is 0.737 bits per heavy atom. The second-order valence-corrected chi connectivity index (χ2v) is 23.1. The first-order chi connectivity index (χ1) is 47.8. The molecule has 0 bridgehead atoms. The molecule has 99 heavy (non-hydrogen) atoms. The second kappa shape index (κ2) is 36.8. The Morgan fingerprint density at radius 3 is 1.06 bits per heavy atom. The molecule has 12 aromatic rings. The number of hydrogen-bond acceptors (Lipinski definition) is 5. The van der Waals surface area contributed by atoms with Crippen LogP contribution in [0.2, 0.25) is 0 Å². The molecule has 2 heterocycles. The van der Waals surface area contributed by atoms with E-state index in [2.05, 4.69) is 40.0 Å². The Balaban J connectivity index is 0.000000158. The molecule has 14 rings (SSSR count). The monoisotopic (exact) mass is 1480 g/mol. The number of rotatable bonds is 10. The third kappa shape index (κ3) is 18.8. The Kier molecular flexibility index (Phi) is 28.4. The van der Waals surface area contributed by atoms with Crippen LogP contribution >= 0.6 is 13.6 Å². The van der Waals surface area contributed by atoms with E-state index in [0.717, 1.165) is 131 Å². The summed E-state index contributed by atoms with van der Waals surface area (Å²) in [6, 6.07) is 39.4. The molecule has 0 aliphatic carbocycles. The van der Waals surface area contributed by atoms with Crippen LogP contribution in [0.3, 0.4) is 0 Å². The van der Waals surface area contributed by atoms with Crippen LogP contribution in [0.25, 0.3) is 86.2 Å². The van der Waals surface area contributed by atoms with Crippen molar-refractivity contribution in [1.29, 1.82) is 0 Å². The molecule has 0 spiro atoms. The van der Waals surface area contributed by atoms with Gasteiger partial charge in [-0.3, -0.25) is 5.92 Å². The summed E-state index contributed by atoms with van der Waals surface area (Å²) in [6.45, 7) is 12.8. The van der Waals surface area contributed by atoms with Crippen LogP contribution in [0.1, 0.15) is 81.0 Å². The molecule has 2 aliphatic rings. The topological polar surface area (TPSA) is 54.0 Å². The Labute approximate surface area is 582 Å². The quantitative estimate of drug-likeness (QED) is 0.0200. The van der Waals surface area contributed by atoms with Gasteiger partial charge in [0, 0.05) is 34.4 Å². The SMILES string of the molecule is C=CCCc1ccc2c(ccc3c(F)c(F)c(F)cc32)c1.CCCC.Cc1ccc2c(ccc3c(F)c(F)c(F)cc32)c1.Fc1cc2c(ccc3cc(CCC4OCCCO4)ccc32)c(F)c1F.O=CCCc1ccc2c(ccc3c(F)c(F)c(F)cc32)c1.[C-]#CC1OCCCO1.[Zn+][Br]. The van der Waals surface area contributed by atoms with Gasteiger partial charge in [0.1, 0.15) is 6.29 Å². The molecule has 2 fully saturated rings. The van der Waals surface area contributed by atoms with E-state index in [9.17, 15) is 57.5 Å². The summed E-state index contributed by atoms with van der Waals surface area (Å²) in [7, 11) is 0. The molecule has 2 aliphatic heterocycles. The summed E-state index contributed by atoms with van der Waals surface area (Å²) in [5.41, 5.74) is 4.25. The van der Waals surface area contributed by atoms with Crippen LogP contribution in [-0.4, -0.2) is 45.3 Å². The number of unbranched alkanes of at least 4 members (excludes halogenated alkanes) is 1. The molecular formula is C80H67BrF12O5Zn. The van der Waals surface area contributed by atoms with Gasteiger partial charge < -0.3 is 30.2 Å². The van der Waals surface area contributed by atoms with Crippen LogP contribution in [0, 0.1) is 89.1 Å². The number of aldehydes is 1. The number of aryl methyl sites for hydroxylation is 4. The molecule has 0 aromatic heterocycles. The van der Waals surface area contributed by atoms with Crippen LogP contribution < -0.4 is 0 Å². The van der Waals surface area contributed by atoms with E-state index in [0.29, 0.717) is 63.8 Å². The number of fused-ring (bicyclic) bond motifs is 12. The van der Waals surface area contributed by atoms with Crippen molar-refractivity contribution in [2.24, 2.45) is 0 Å². The van der Waals surface area contributed by atoms with E-state index >= 15 is 0 Å². The number of carbonyl (C=O) groups excluding carboxylic acids is 1. The van der Waals surface area contributed by atoms with Gasteiger partial charge >= 0.3 is 30.0 Å². The van der Waals surface area contributed by atoms with E-state index in [-0.39, 0.29) is 27.8 Å². The van der Waals surface area contributed by atoms with Crippen molar-refractivity contribution in [3.05, 3.63) is 257 Å². The fourth-order valence-corrected chi connectivity index (χ4v) is 11.2. The van der Waals surface area contributed by atoms with Crippen molar-refractivity contribution >= 4 is 106 Å². The van der Waals surface area contributed by atoms with Gasteiger partial charge in [-0.15, -0.1) is 6.58 Å². The van der Waals surface area contributed by atoms with Gasteiger partial charge in [-0.1, -0.05) is 160 Å². The summed E-state index contributed by atoms with van der Waals surface area (Å²) in [5, 5.41) is 8.05. The fraction of sp³-hybridized carbons (Fsp3) is 0.237. The van der Waals surface area contributed by atoms with Crippen LogP contribution in [-0.2, 0) is 59.3 Å². The van der Waals surface area contributed by atoms with Gasteiger partial charge in [0.05, 0.1) is 26.4 Å². The average molecular weight is 1480 g/mol. The summed E-state index contributed by atoms with van der Waals surface area (Å²) in [5.74, 6) is -12.9. The van der Waals surface area contributed by atoms with Crippen molar-refractivity contribution in [2.75, 3.05) is 26.4 Å². The fourth-order valence-electron chi connectivity index (χ4n) is 11.2. The molecule has 0 unspecified atom stereocenters. The van der Waals surface area contributed by atoms with Crippen molar-refractivity contribution in [1.82, 2.24) is 0 Å². The molecule has 2 saturated heterocycles. The van der Waals surface area contributed by atoms with Gasteiger partial charge in [0.2, 0.25) is 0 Å². The Bertz CT molecular complexity index is 4750. The zero-order valence-electron chi connectivity index (χ0n) is 54.4. The normalized spacial score (nSPS) is 13.0. The molecule has 0 radical (unpaired) electrons. The molecule has 0 amide bonds. The molecular weight excluding hydrogens is 1410 g/mol. The van der Waals surface area contributed by atoms with Gasteiger partial charge in [0.25, 0.3) is 0 Å². The summed E-state index contributed by atoms with van der Waals surface area (Å²) in [6.07, 6.45) is 17.4. The van der Waals surface area contributed by atoms with Gasteiger partial charge in [-0.2, -0.15) is 0 Å². The molecule has 510 valence electrons. The molecule has 0 saturated carbocycles. The first-order valence-corrected chi connectivity index (χ1v) is 38.9. The summed E-state index contributed by atoms with van der Waals surface area (Å²) < 4.78 is 183.